The third-order valence-electron chi connectivity index (χ3n) is 4.16. The first-order chi connectivity index (χ1) is 6.76. The molecule has 0 spiro atoms. The van der Waals surface area contributed by atoms with Crippen molar-refractivity contribution in [3.8, 4) is 0 Å². The van der Waals surface area contributed by atoms with Crippen molar-refractivity contribution in [3.05, 3.63) is 0 Å². The molecule has 0 fully saturated rings. The van der Waals surface area contributed by atoms with Crippen molar-refractivity contribution in [2.45, 2.75) is 74.2 Å². The van der Waals surface area contributed by atoms with E-state index in [1.807, 2.05) is 0 Å². The molecule has 0 aliphatic heterocycles. The number of hydrogen-bond donors (Lipinski definition) is 0. The topological polar surface area (TPSA) is 0 Å². The van der Waals surface area contributed by atoms with Crippen LogP contribution in [-0.2, 0) is 0 Å². The van der Waals surface area contributed by atoms with Gasteiger partial charge in [0.2, 0.25) is 0 Å². The summed E-state index contributed by atoms with van der Waals surface area (Å²) in [5.74, 6) is 0. The van der Waals surface area contributed by atoms with Crippen molar-refractivity contribution in [2.75, 3.05) is 0 Å². The van der Waals surface area contributed by atoms with Crippen LogP contribution in [0.15, 0.2) is 0 Å². The van der Waals surface area contributed by atoms with Crippen LogP contribution >= 0.6 is 0 Å². The zero-order chi connectivity index (χ0) is 13.4. The quantitative estimate of drug-likeness (QED) is 0.654. The average Bonchev–Trinajstić information content (AvgIpc) is 1.92. The Balaban J connectivity index is 4.85. The Kier molecular flexibility index (Phi) is 5.85. The number of hydrogen-bond acceptors (Lipinski definition) is 0. The van der Waals surface area contributed by atoms with Crippen molar-refractivity contribution in [3.63, 3.8) is 0 Å². The molecule has 0 aliphatic carbocycles. The fraction of sp³-hybridized carbons (Fsp3) is 1.00. The Morgan fingerprint density at radius 2 is 0.938 bits per heavy atom. The van der Waals surface area contributed by atoms with Crippen molar-refractivity contribution in [1.29, 1.82) is 0 Å². The predicted molar refractivity (Wildman–Crippen MR) is 91.8 cm³/mol. The Morgan fingerprint density at radius 3 is 1.12 bits per heavy atom. The van der Waals surface area contributed by atoms with Gasteiger partial charge in [0, 0.05) is 0 Å². The van der Waals surface area contributed by atoms with Gasteiger partial charge in [-0.1, -0.05) is 0 Å². The molecule has 0 amide bonds. The minimum atomic E-state index is -0.896. The fourth-order valence-electron chi connectivity index (χ4n) is 2.71. The van der Waals surface area contributed by atoms with Gasteiger partial charge in [-0.2, -0.15) is 0 Å². The van der Waals surface area contributed by atoms with Gasteiger partial charge >= 0.3 is 114 Å². The average molecular weight is 335 g/mol. The van der Waals surface area contributed by atoms with E-state index in [9.17, 15) is 0 Å². The van der Waals surface area contributed by atoms with Crippen molar-refractivity contribution >= 4 is 39.7 Å². The third-order valence-corrected chi connectivity index (χ3v) is 45.8. The predicted octanol–water partition coefficient (Wildman–Crippen LogP) is 4.38. The number of rotatable bonds is 5. The van der Waals surface area contributed by atoms with Gasteiger partial charge in [0.05, 0.1) is 0 Å². The maximum absolute atomic E-state index is 2.62. The van der Waals surface area contributed by atoms with Crippen molar-refractivity contribution in [2.24, 2.45) is 0 Å². The Labute approximate surface area is 113 Å². The van der Waals surface area contributed by atoms with Gasteiger partial charge in [-0.3, -0.25) is 0 Å². The van der Waals surface area contributed by atoms with E-state index in [0.29, 0.717) is 0 Å². The molecule has 0 aromatic heterocycles. The summed E-state index contributed by atoms with van der Waals surface area (Å²) in [7, 11) is -2.65. The van der Waals surface area contributed by atoms with Crippen LogP contribution in [-0.4, -0.2) is 39.7 Å². The van der Waals surface area contributed by atoms with Crippen LogP contribution in [0.4, 0.5) is 0 Å². The molecule has 0 bridgehead atoms. The van der Waals surface area contributed by atoms with Crippen LogP contribution in [0.1, 0.15) is 6.92 Å². The molecule has 0 heterocycles. The SMILES string of the molecule is C[CH]([GeH2][CH]([Si](C)(C)C)[Si](C)(C)C)[Si](C)(C)C. The second kappa shape index (κ2) is 5.45. The van der Waals surface area contributed by atoms with Gasteiger partial charge < -0.3 is 0 Å². The normalized spacial score (nSPS) is 17.4. The summed E-state index contributed by atoms with van der Waals surface area (Å²) in [5.41, 5.74) is 0. The van der Waals surface area contributed by atoms with E-state index in [0.717, 1.165) is 0 Å². The summed E-state index contributed by atoms with van der Waals surface area (Å²) in [6.45, 7) is 26.1. The van der Waals surface area contributed by atoms with Crippen LogP contribution < -0.4 is 0 Å². The molecular weight excluding hydrogens is 301 g/mol. The van der Waals surface area contributed by atoms with E-state index >= 15 is 0 Å². The zero-order valence-electron chi connectivity index (χ0n) is 13.4. The standard InChI is InChI=1S/C12H34GeSi3/c1-11(14(2,3)4)13-12(15(5,6)7)16(8,9)10/h11-12H,13H2,1-10H3. The second-order valence-corrected chi connectivity index (χ2v) is 36.4. The van der Waals surface area contributed by atoms with Crippen molar-refractivity contribution in [1.82, 2.24) is 0 Å². The molecule has 0 aliphatic rings. The summed E-state index contributed by atoms with van der Waals surface area (Å²) >= 11 is -0.365. The van der Waals surface area contributed by atoms with Crippen LogP contribution in [0.5, 0.6) is 0 Å². The van der Waals surface area contributed by atoms with Crippen LogP contribution in [0.3, 0.4) is 0 Å². The summed E-state index contributed by atoms with van der Waals surface area (Å²) in [5, 5.41) is 0. The molecular formula is C12H34GeSi3. The summed E-state index contributed by atoms with van der Waals surface area (Å²) < 4.78 is 2.44. The molecule has 0 aromatic carbocycles. The third kappa shape index (κ3) is 5.69. The molecule has 0 radical (unpaired) electrons. The molecule has 4 heteroatoms. The van der Waals surface area contributed by atoms with E-state index in [4.69, 9.17) is 0 Å². The van der Waals surface area contributed by atoms with E-state index in [-0.39, 0.29) is 15.4 Å². The van der Waals surface area contributed by atoms with E-state index < -0.39 is 24.2 Å². The Morgan fingerprint density at radius 1 is 0.625 bits per heavy atom. The van der Waals surface area contributed by atoms with Gasteiger partial charge in [-0.05, 0) is 0 Å². The molecule has 98 valence electrons. The van der Waals surface area contributed by atoms with Crippen LogP contribution in [0.2, 0.25) is 67.3 Å². The summed E-state index contributed by atoms with van der Waals surface area (Å²) in [6.07, 6.45) is 0. The van der Waals surface area contributed by atoms with Gasteiger partial charge in [-0.25, -0.2) is 0 Å². The van der Waals surface area contributed by atoms with Crippen LogP contribution in [0, 0.1) is 0 Å². The minimum absolute atomic E-state index is 0.365. The first kappa shape index (κ1) is 17.2. The van der Waals surface area contributed by atoms with E-state index in [2.05, 4.69) is 65.8 Å². The zero-order valence-corrected chi connectivity index (χ0v) is 19.3. The molecule has 0 saturated carbocycles. The van der Waals surface area contributed by atoms with E-state index in [1.54, 1.807) is 0 Å². The van der Waals surface area contributed by atoms with Gasteiger partial charge in [-0.15, -0.1) is 0 Å². The first-order valence-corrected chi connectivity index (χ1v) is 20.9. The Hall–Kier alpha value is 1.19. The molecule has 0 N–H and O–H groups in total. The summed E-state index contributed by atoms with van der Waals surface area (Å²) in [6, 6.07) is 0. The van der Waals surface area contributed by atoms with E-state index in [1.165, 1.54) is 8.37 Å². The van der Waals surface area contributed by atoms with Gasteiger partial charge in [0.25, 0.3) is 0 Å². The second-order valence-electron chi connectivity index (χ2n) is 8.79. The molecule has 0 saturated heterocycles. The first-order valence-electron chi connectivity index (χ1n) is 6.76. The molecule has 16 heavy (non-hydrogen) atoms. The Bertz CT molecular complexity index is 206. The molecule has 1 unspecified atom stereocenters. The molecule has 0 rings (SSSR count). The summed E-state index contributed by atoms with van der Waals surface area (Å²) in [4.78, 5) is 0. The monoisotopic (exact) mass is 336 g/mol. The maximum atomic E-state index is 2.62. The molecule has 0 nitrogen and oxygen atoms in total. The molecule has 1 atom stereocenters. The fourth-order valence-corrected chi connectivity index (χ4v) is 37.4. The molecule has 0 aromatic rings. The van der Waals surface area contributed by atoms with Gasteiger partial charge in [0.15, 0.2) is 0 Å². The van der Waals surface area contributed by atoms with Crippen molar-refractivity contribution < 1.29 is 0 Å². The van der Waals surface area contributed by atoms with Crippen LogP contribution in [0.25, 0.3) is 0 Å². The van der Waals surface area contributed by atoms with Gasteiger partial charge in [0.1, 0.15) is 0 Å².